The summed E-state index contributed by atoms with van der Waals surface area (Å²) in [4.78, 5) is 33.1. The first-order valence-electron chi connectivity index (χ1n) is 13.2. The van der Waals surface area contributed by atoms with Crippen molar-refractivity contribution < 1.29 is 18.0 Å². The van der Waals surface area contributed by atoms with Crippen LogP contribution >= 0.6 is 0 Å². The number of nitrogens with zero attached hydrogens (tertiary/aromatic N) is 6. The summed E-state index contributed by atoms with van der Waals surface area (Å²) in [6.45, 7) is 11.1. The van der Waals surface area contributed by atoms with Gasteiger partial charge in [-0.1, -0.05) is 12.1 Å². The lowest BCUT2D eigenvalue weighted by atomic mass is 9.72. The number of rotatable bonds is 5. The minimum absolute atomic E-state index is 0.128. The number of hydrogen-bond acceptors (Lipinski definition) is 7. The number of nitrogens with one attached hydrogen (secondary N) is 1. The quantitative estimate of drug-likeness (QED) is 0.612. The maximum Gasteiger partial charge on any atom is 0.344 e. The van der Waals surface area contributed by atoms with Crippen LogP contribution in [0.1, 0.15) is 30.9 Å². The molecule has 1 aromatic carbocycles. The Bertz CT molecular complexity index is 1300. The second-order valence-corrected chi connectivity index (χ2v) is 12.8. The Labute approximate surface area is 224 Å². The fourth-order valence-corrected chi connectivity index (χ4v) is 6.27. The molecule has 1 aromatic heterocycles. The molecular formula is C26H37N7O4S. The van der Waals surface area contributed by atoms with Crippen LogP contribution in [-0.2, 0) is 21.4 Å². The summed E-state index contributed by atoms with van der Waals surface area (Å²) in [5.74, 6) is 0.308. The first kappa shape index (κ1) is 26.5. The van der Waals surface area contributed by atoms with Gasteiger partial charge in [-0.2, -0.15) is 4.68 Å². The predicted molar refractivity (Wildman–Crippen MR) is 146 cm³/mol. The number of amides is 2. The Morgan fingerprint density at radius 2 is 1.68 bits per heavy atom. The second-order valence-electron chi connectivity index (χ2n) is 11.1. The number of aromatic nitrogens is 2. The molecule has 0 unspecified atom stereocenters. The van der Waals surface area contributed by atoms with E-state index in [0.29, 0.717) is 18.5 Å². The van der Waals surface area contributed by atoms with E-state index in [4.69, 9.17) is 0 Å². The third-order valence-corrected chi connectivity index (χ3v) is 8.60. The van der Waals surface area contributed by atoms with E-state index in [9.17, 15) is 18.0 Å². The van der Waals surface area contributed by atoms with Crippen molar-refractivity contribution in [2.45, 2.75) is 33.2 Å². The van der Waals surface area contributed by atoms with Crippen LogP contribution in [0.15, 0.2) is 30.5 Å². The molecule has 0 bridgehead atoms. The summed E-state index contributed by atoms with van der Waals surface area (Å²) in [7, 11) is -3.45. The molecular weight excluding hydrogens is 506 g/mol. The van der Waals surface area contributed by atoms with Crippen molar-refractivity contribution in [1.29, 1.82) is 0 Å². The van der Waals surface area contributed by atoms with Gasteiger partial charge in [0.25, 0.3) is 0 Å². The predicted octanol–water partition coefficient (Wildman–Crippen LogP) is 1.80. The molecule has 0 aliphatic carbocycles. The van der Waals surface area contributed by atoms with Gasteiger partial charge in [0.1, 0.15) is 0 Å². The van der Waals surface area contributed by atoms with Gasteiger partial charge in [0.2, 0.25) is 15.9 Å². The van der Waals surface area contributed by atoms with Gasteiger partial charge in [0, 0.05) is 89.2 Å². The zero-order valence-corrected chi connectivity index (χ0v) is 23.2. The Hall–Kier alpha value is -3.12. The van der Waals surface area contributed by atoms with E-state index >= 15 is 0 Å². The number of carbonyl (C=O) groups excluding carboxylic acids is 2. The van der Waals surface area contributed by atoms with Crippen LogP contribution in [0.4, 0.5) is 16.3 Å². The molecule has 4 heterocycles. The molecule has 1 N–H and O–H groups in total. The highest BCUT2D eigenvalue weighted by Crippen LogP contribution is 2.42. The molecule has 3 fully saturated rings. The van der Waals surface area contributed by atoms with Crippen molar-refractivity contribution >= 4 is 33.5 Å². The van der Waals surface area contributed by atoms with Crippen molar-refractivity contribution in [2.75, 3.05) is 68.2 Å². The van der Waals surface area contributed by atoms with Gasteiger partial charge < -0.3 is 14.7 Å². The Balaban J connectivity index is 1.17. The second kappa shape index (κ2) is 10.2. The van der Waals surface area contributed by atoms with Crippen LogP contribution in [0.3, 0.4) is 0 Å². The molecule has 3 aliphatic rings. The first-order chi connectivity index (χ1) is 18.0. The smallest absolute Gasteiger partial charge is 0.344 e. The zero-order chi connectivity index (χ0) is 27.1. The number of carbonyl (C=O) groups is 2. The molecule has 2 aromatic rings. The SMILES string of the molecule is CC(=O)N1CC2(CCN(c3cc(C)ccc3CN3CCN(C(=O)n4ccc(NS(C)(=O)=O)n4)CC3)CC2)C1. The van der Waals surface area contributed by atoms with E-state index < -0.39 is 10.0 Å². The minimum atomic E-state index is -3.45. The van der Waals surface area contributed by atoms with Crippen LogP contribution in [0.2, 0.25) is 0 Å². The Morgan fingerprint density at radius 1 is 1.00 bits per heavy atom. The van der Waals surface area contributed by atoms with Gasteiger partial charge in [-0.25, -0.2) is 13.2 Å². The van der Waals surface area contributed by atoms with Crippen molar-refractivity contribution in [1.82, 2.24) is 24.5 Å². The van der Waals surface area contributed by atoms with E-state index in [1.54, 1.807) is 11.8 Å². The Kier molecular flexibility index (Phi) is 7.12. The normalized spacial score (nSPS) is 19.9. The molecule has 11 nitrogen and oxygen atoms in total. The number of hydrogen-bond donors (Lipinski definition) is 1. The maximum atomic E-state index is 12.9. The molecule has 1 spiro atoms. The van der Waals surface area contributed by atoms with Crippen molar-refractivity contribution in [3.63, 3.8) is 0 Å². The highest BCUT2D eigenvalue weighted by molar-refractivity contribution is 7.92. The molecule has 12 heteroatoms. The highest BCUT2D eigenvalue weighted by atomic mass is 32.2. The van der Waals surface area contributed by atoms with Gasteiger partial charge in [0.15, 0.2) is 5.82 Å². The van der Waals surface area contributed by atoms with E-state index in [0.717, 1.165) is 64.9 Å². The van der Waals surface area contributed by atoms with Gasteiger partial charge in [-0.15, -0.1) is 5.10 Å². The fourth-order valence-electron chi connectivity index (χ4n) is 5.78. The summed E-state index contributed by atoms with van der Waals surface area (Å²) in [5, 5.41) is 4.06. The molecule has 206 valence electrons. The van der Waals surface area contributed by atoms with Crippen LogP contribution < -0.4 is 9.62 Å². The summed E-state index contributed by atoms with van der Waals surface area (Å²) in [5.41, 5.74) is 4.14. The zero-order valence-electron chi connectivity index (χ0n) is 22.4. The Morgan fingerprint density at radius 3 is 2.32 bits per heavy atom. The number of sulfonamides is 1. The lowest BCUT2D eigenvalue weighted by Gasteiger charge is -2.54. The molecule has 3 aliphatic heterocycles. The van der Waals surface area contributed by atoms with Gasteiger partial charge in [0.05, 0.1) is 6.26 Å². The van der Waals surface area contributed by atoms with E-state index in [1.165, 1.54) is 33.8 Å². The summed E-state index contributed by atoms with van der Waals surface area (Å²) < 4.78 is 26.3. The van der Waals surface area contributed by atoms with Gasteiger partial charge >= 0.3 is 6.03 Å². The summed E-state index contributed by atoms with van der Waals surface area (Å²) in [6, 6.07) is 7.90. The van der Waals surface area contributed by atoms with E-state index in [1.807, 2.05) is 4.90 Å². The van der Waals surface area contributed by atoms with Crippen molar-refractivity contribution in [2.24, 2.45) is 5.41 Å². The van der Waals surface area contributed by atoms with Crippen LogP contribution in [0, 0.1) is 12.3 Å². The molecule has 0 radical (unpaired) electrons. The van der Waals surface area contributed by atoms with E-state index in [-0.39, 0.29) is 17.8 Å². The third-order valence-electron chi connectivity index (χ3n) is 8.02. The largest absolute Gasteiger partial charge is 0.371 e. The molecule has 0 saturated carbocycles. The summed E-state index contributed by atoms with van der Waals surface area (Å²) in [6.07, 6.45) is 4.75. The maximum absolute atomic E-state index is 12.9. The average molecular weight is 544 g/mol. The van der Waals surface area contributed by atoms with Crippen LogP contribution in [0.25, 0.3) is 0 Å². The number of aryl methyl sites for hydroxylation is 1. The highest BCUT2D eigenvalue weighted by Gasteiger charge is 2.46. The monoisotopic (exact) mass is 543 g/mol. The van der Waals surface area contributed by atoms with Crippen LogP contribution in [0.5, 0.6) is 0 Å². The molecule has 5 rings (SSSR count). The number of piperidine rings is 1. The fraction of sp³-hybridized carbons (Fsp3) is 0.577. The minimum Gasteiger partial charge on any atom is -0.371 e. The van der Waals surface area contributed by atoms with Gasteiger partial charge in [-0.05, 0) is 37.0 Å². The lowest BCUT2D eigenvalue weighted by molar-refractivity contribution is -0.142. The molecule has 38 heavy (non-hydrogen) atoms. The first-order valence-corrected chi connectivity index (χ1v) is 15.0. The van der Waals surface area contributed by atoms with Crippen LogP contribution in [-0.4, -0.2) is 103 Å². The standard InChI is InChI=1S/C26H37N7O4S/c1-20-4-5-22(23(16-20)30-10-7-26(8-11-30)18-32(19-26)21(2)34)17-29-12-14-31(15-13-29)25(35)33-9-6-24(27-33)28-38(3,36)37/h4-6,9,16H,7-8,10-15,17-19H2,1-3H3,(H,27,28). The number of benzene rings is 1. The lowest BCUT2D eigenvalue weighted by Crippen LogP contribution is -2.61. The molecule has 3 saturated heterocycles. The number of likely N-dealkylation sites (tertiary alicyclic amines) is 1. The van der Waals surface area contributed by atoms with Crippen molar-refractivity contribution in [3.8, 4) is 0 Å². The van der Waals surface area contributed by atoms with Crippen molar-refractivity contribution in [3.05, 3.63) is 41.6 Å². The van der Waals surface area contributed by atoms with Gasteiger partial charge in [-0.3, -0.25) is 14.4 Å². The summed E-state index contributed by atoms with van der Waals surface area (Å²) >= 11 is 0. The molecule has 0 atom stereocenters. The number of piperazine rings is 1. The number of anilines is 2. The third kappa shape index (κ3) is 5.80. The van der Waals surface area contributed by atoms with E-state index in [2.05, 4.69) is 44.7 Å². The topological polar surface area (TPSA) is 111 Å². The molecule has 2 amide bonds. The average Bonchev–Trinajstić information content (AvgIpc) is 3.30.